The SMILES string of the molecule is C#C[C@@H]1[C@@H](O)[C@H](n2cnc3c(NC(=O)OC(C)(C)C)nc(Cl)nc32)O[C@@H]1CO[Si](c1ccccc1)c1ccc(C(C)(C)C)cc1. The molecule has 0 spiro atoms. The van der Waals surface area contributed by atoms with Crippen LogP contribution in [0.3, 0.4) is 0 Å². The van der Waals surface area contributed by atoms with Crippen LogP contribution in [0.5, 0.6) is 0 Å². The van der Waals surface area contributed by atoms with Crippen LogP contribution >= 0.6 is 11.6 Å². The number of amides is 1. The molecular weight excluding hydrogens is 610 g/mol. The molecule has 10 nitrogen and oxygen atoms in total. The molecule has 2 aromatic carbocycles. The van der Waals surface area contributed by atoms with Crippen molar-refractivity contribution in [1.82, 2.24) is 19.5 Å². The Morgan fingerprint density at radius 3 is 2.38 bits per heavy atom. The zero-order valence-corrected chi connectivity index (χ0v) is 27.9. The number of nitrogens with one attached hydrogen (secondary N) is 1. The van der Waals surface area contributed by atoms with Crippen molar-refractivity contribution in [2.75, 3.05) is 11.9 Å². The van der Waals surface area contributed by atoms with Gasteiger partial charge in [0.1, 0.15) is 11.7 Å². The summed E-state index contributed by atoms with van der Waals surface area (Å²) < 4.78 is 19.8. The Hall–Kier alpha value is -3.79. The number of aliphatic hydroxyl groups is 1. The third-order valence-corrected chi connectivity index (χ3v) is 9.64. The van der Waals surface area contributed by atoms with Gasteiger partial charge in [-0.2, -0.15) is 9.97 Å². The molecule has 2 N–H and O–H groups in total. The molecule has 5 rings (SSSR count). The number of nitrogens with zero attached hydrogens (tertiary/aromatic N) is 4. The zero-order chi connectivity index (χ0) is 32.5. The van der Waals surface area contributed by atoms with Crippen LogP contribution in [0.15, 0.2) is 60.9 Å². The van der Waals surface area contributed by atoms with Gasteiger partial charge in [0.2, 0.25) is 5.28 Å². The van der Waals surface area contributed by atoms with Crippen molar-refractivity contribution < 1.29 is 23.8 Å². The smallest absolute Gasteiger partial charge is 0.413 e. The normalized spacial score (nSPS) is 20.4. The quantitative estimate of drug-likeness (QED) is 0.172. The number of anilines is 1. The molecule has 0 bridgehead atoms. The van der Waals surface area contributed by atoms with Crippen molar-refractivity contribution in [2.45, 2.75) is 71.0 Å². The van der Waals surface area contributed by atoms with Crippen molar-refractivity contribution in [3.63, 3.8) is 0 Å². The second kappa shape index (κ2) is 12.9. The van der Waals surface area contributed by atoms with Crippen molar-refractivity contribution in [1.29, 1.82) is 0 Å². The molecule has 0 saturated carbocycles. The van der Waals surface area contributed by atoms with Gasteiger partial charge in [0, 0.05) is 0 Å². The number of halogens is 1. The second-order valence-electron chi connectivity index (χ2n) is 12.9. The molecule has 0 aliphatic carbocycles. The number of terminal acetylenes is 1. The van der Waals surface area contributed by atoms with Crippen molar-refractivity contribution in [3.8, 4) is 12.3 Å². The fourth-order valence-corrected chi connectivity index (χ4v) is 7.22. The third kappa shape index (κ3) is 7.38. The van der Waals surface area contributed by atoms with Crippen LogP contribution < -0.4 is 15.7 Å². The number of aliphatic hydroxyl groups excluding tert-OH is 1. The third-order valence-electron chi connectivity index (χ3n) is 7.30. The summed E-state index contributed by atoms with van der Waals surface area (Å²) in [5.41, 5.74) is 1.03. The lowest BCUT2D eigenvalue weighted by Gasteiger charge is -2.23. The van der Waals surface area contributed by atoms with Gasteiger partial charge in [0.25, 0.3) is 9.04 Å². The number of benzene rings is 2. The number of fused-ring (bicyclic) bond motifs is 1. The molecule has 1 amide bonds. The first-order valence-electron chi connectivity index (χ1n) is 14.6. The number of carbonyl (C=O) groups excluding carboxylic acids is 1. The molecule has 3 heterocycles. The first kappa shape index (κ1) is 32.6. The van der Waals surface area contributed by atoms with Gasteiger partial charge in [-0.3, -0.25) is 9.88 Å². The average Bonchev–Trinajstić information content (AvgIpc) is 3.52. The van der Waals surface area contributed by atoms with Crippen LogP contribution in [-0.4, -0.2) is 64.2 Å². The summed E-state index contributed by atoms with van der Waals surface area (Å²) in [6.45, 7) is 11.9. The Morgan fingerprint density at radius 1 is 1.09 bits per heavy atom. The van der Waals surface area contributed by atoms with Crippen LogP contribution in [0.1, 0.15) is 53.3 Å². The minimum Gasteiger partial charge on any atom is -0.444 e. The van der Waals surface area contributed by atoms with E-state index in [1.807, 2.05) is 18.2 Å². The van der Waals surface area contributed by atoms with E-state index in [1.165, 1.54) is 16.5 Å². The van der Waals surface area contributed by atoms with Crippen molar-refractivity contribution >= 4 is 54.1 Å². The average molecular weight is 647 g/mol. The fraction of sp³-hybridized carbons (Fsp3) is 0.394. The Bertz CT molecular complexity index is 1700. The van der Waals surface area contributed by atoms with Gasteiger partial charge < -0.3 is 19.0 Å². The van der Waals surface area contributed by atoms with Gasteiger partial charge in [-0.25, -0.2) is 9.78 Å². The van der Waals surface area contributed by atoms with E-state index in [-0.39, 0.29) is 34.3 Å². The molecular formula is C33H37ClN5O5Si. The lowest BCUT2D eigenvalue weighted by Crippen LogP contribution is -2.47. The highest BCUT2D eigenvalue weighted by Crippen LogP contribution is 2.36. The Morgan fingerprint density at radius 2 is 1.76 bits per heavy atom. The number of aromatic nitrogens is 4. The van der Waals surface area contributed by atoms with E-state index >= 15 is 0 Å². The highest BCUT2D eigenvalue weighted by Gasteiger charge is 2.45. The topological polar surface area (TPSA) is 121 Å². The van der Waals surface area contributed by atoms with Crippen molar-refractivity contribution in [3.05, 3.63) is 71.8 Å². The number of hydrogen-bond donors (Lipinski definition) is 2. The Kier molecular flexibility index (Phi) is 9.35. The van der Waals surface area contributed by atoms with E-state index in [0.29, 0.717) is 0 Å². The highest BCUT2D eigenvalue weighted by atomic mass is 35.5. The van der Waals surface area contributed by atoms with E-state index in [9.17, 15) is 9.90 Å². The lowest BCUT2D eigenvalue weighted by molar-refractivity contribution is -0.0459. The first-order chi connectivity index (χ1) is 21.2. The Balaban J connectivity index is 1.39. The van der Waals surface area contributed by atoms with Gasteiger partial charge in [0.15, 0.2) is 23.2 Å². The summed E-state index contributed by atoms with van der Waals surface area (Å²) in [5.74, 6) is 2.08. The van der Waals surface area contributed by atoms with Crippen molar-refractivity contribution in [2.24, 2.45) is 5.92 Å². The first-order valence-corrected chi connectivity index (χ1v) is 16.4. The molecule has 0 unspecified atom stereocenters. The minimum absolute atomic E-state index is 0.0289. The monoisotopic (exact) mass is 646 g/mol. The molecule has 2 aromatic heterocycles. The van der Waals surface area contributed by atoms with Gasteiger partial charge in [0.05, 0.1) is 25.0 Å². The molecule has 1 aliphatic heterocycles. The minimum atomic E-state index is -1.68. The molecule has 4 aromatic rings. The maximum Gasteiger partial charge on any atom is 0.413 e. The second-order valence-corrected chi connectivity index (χ2v) is 15.3. The van der Waals surface area contributed by atoms with Gasteiger partial charge in [-0.1, -0.05) is 81.3 Å². The Labute approximate surface area is 269 Å². The maximum absolute atomic E-state index is 12.4. The molecule has 1 radical (unpaired) electrons. The molecule has 45 heavy (non-hydrogen) atoms. The fourth-order valence-electron chi connectivity index (χ4n) is 5.09. The van der Waals surface area contributed by atoms with Crippen LogP contribution in [0.4, 0.5) is 10.6 Å². The van der Waals surface area contributed by atoms with Gasteiger partial charge in [-0.15, -0.1) is 6.42 Å². The summed E-state index contributed by atoms with van der Waals surface area (Å²) in [7, 11) is -1.68. The summed E-state index contributed by atoms with van der Waals surface area (Å²) in [4.78, 5) is 25.2. The summed E-state index contributed by atoms with van der Waals surface area (Å²) in [6.07, 6.45) is 3.96. The van der Waals surface area contributed by atoms with Gasteiger partial charge in [-0.05, 0) is 53.7 Å². The van der Waals surface area contributed by atoms with E-state index in [1.54, 1.807) is 20.8 Å². The number of carbonyl (C=O) groups is 1. The van der Waals surface area contributed by atoms with E-state index in [0.717, 1.165) is 10.4 Å². The number of rotatable bonds is 7. The van der Waals surface area contributed by atoms with Crippen LogP contribution in [0.25, 0.3) is 11.2 Å². The zero-order valence-electron chi connectivity index (χ0n) is 26.1. The van der Waals surface area contributed by atoms with Crippen LogP contribution in [0.2, 0.25) is 5.28 Å². The largest absolute Gasteiger partial charge is 0.444 e. The number of imidazole rings is 1. The standard InChI is InChI=1S/C33H37ClN5O5Si/c1-8-23-24(18-42-45(21-12-10-9-11-13-21)22-16-14-20(15-17-22)32(2,3)4)43-29(26(23)40)39-19-35-25-27(36-30(34)38-28(25)39)37-31(41)44-33(5,6)7/h1,9-17,19,23-24,26,29,40H,18H2,2-7H3,(H,36,37,38,41)/t23-,24+,26+,29+/m0/s1. The molecule has 235 valence electrons. The predicted molar refractivity (Wildman–Crippen MR) is 175 cm³/mol. The van der Waals surface area contributed by atoms with E-state index in [2.05, 4.69) is 83.4 Å². The maximum atomic E-state index is 12.4. The van der Waals surface area contributed by atoms with Gasteiger partial charge >= 0.3 is 6.09 Å². The number of hydrogen-bond acceptors (Lipinski definition) is 8. The summed E-state index contributed by atoms with van der Waals surface area (Å²) in [5, 5.41) is 15.9. The predicted octanol–water partition coefficient (Wildman–Crippen LogP) is 4.45. The molecule has 12 heteroatoms. The molecule has 1 saturated heterocycles. The molecule has 1 aliphatic rings. The highest BCUT2D eigenvalue weighted by molar-refractivity contribution is 6.80. The summed E-state index contributed by atoms with van der Waals surface area (Å²) in [6, 6.07) is 18.6. The van der Waals surface area contributed by atoms with Crippen LogP contribution in [0, 0.1) is 18.3 Å². The van der Waals surface area contributed by atoms with E-state index < -0.39 is 45.1 Å². The summed E-state index contributed by atoms with van der Waals surface area (Å²) >= 11 is 6.22. The molecule has 4 atom stereocenters. The van der Waals surface area contributed by atoms with Crippen LogP contribution in [-0.2, 0) is 19.3 Å². The van der Waals surface area contributed by atoms with E-state index in [4.69, 9.17) is 31.9 Å². The molecule has 1 fully saturated rings. The number of ether oxygens (including phenoxy) is 2. The lowest BCUT2D eigenvalue weighted by atomic mass is 9.87.